The van der Waals surface area contributed by atoms with Gasteiger partial charge in [0.05, 0.1) is 17.9 Å². The molecule has 0 aromatic carbocycles. The minimum Gasteiger partial charge on any atom is -0.397 e. The summed E-state index contributed by atoms with van der Waals surface area (Å²) < 4.78 is 25.3. The molecular weight excluding hydrogens is 204 g/mol. The number of nitrogens with two attached hydrogens (primary N) is 1. The second-order valence-corrected chi connectivity index (χ2v) is 3.24. The van der Waals surface area contributed by atoms with Crippen molar-refractivity contribution >= 4 is 11.5 Å². The Labute approximate surface area is 86.1 Å². The monoisotopic (exact) mass is 217 g/mol. The van der Waals surface area contributed by atoms with Crippen LogP contribution in [-0.2, 0) is 0 Å². The van der Waals surface area contributed by atoms with Crippen molar-refractivity contribution in [3.63, 3.8) is 0 Å². The number of rotatable bonds is 4. The second kappa shape index (κ2) is 4.39. The zero-order valence-electron chi connectivity index (χ0n) is 8.30. The van der Waals surface area contributed by atoms with Gasteiger partial charge in [0.1, 0.15) is 12.4 Å². The molecule has 0 aliphatic rings. The van der Waals surface area contributed by atoms with Crippen LogP contribution in [0.5, 0.6) is 0 Å². The van der Waals surface area contributed by atoms with E-state index in [1.807, 2.05) is 0 Å². The number of aryl methyl sites for hydroxylation is 1. The quantitative estimate of drug-likeness (QED) is 0.704. The van der Waals surface area contributed by atoms with Crippen LogP contribution < -0.4 is 11.1 Å². The standard InChI is InChI=1S/C9H13F2N3O/c1-6-7(12)2-3-8(14-6)13-4-9(10,11)5-15/h2-3,15H,4-5,12H2,1H3,(H,13,14). The van der Waals surface area contributed by atoms with Crippen LogP contribution in [0.2, 0.25) is 0 Å². The number of pyridine rings is 1. The van der Waals surface area contributed by atoms with Crippen LogP contribution in [0.1, 0.15) is 5.69 Å². The lowest BCUT2D eigenvalue weighted by Crippen LogP contribution is -2.31. The lowest BCUT2D eigenvalue weighted by molar-refractivity contribution is -0.0373. The summed E-state index contributed by atoms with van der Waals surface area (Å²) in [5.41, 5.74) is 6.60. The largest absolute Gasteiger partial charge is 0.397 e. The Hall–Kier alpha value is -1.43. The molecule has 15 heavy (non-hydrogen) atoms. The van der Waals surface area contributed by atoms with Gasteiger partial charge in [0.2, 0.25) is 0 Å². The molecule has 1 rings (SSSR count). The maximum atomic E-state index is 12.7. The average Bonchev–Trinajstić information content (AvgIpc) is 2.20. The van der Waals surface area contributed by atoms with Crippen LogP contribution in [0.3, 0.4) is 0 Å². The van der Waals surface area contributed by atoms with Crippen LogP contribution in [0.25, 0.3) is 0 Å². The van der Waals surface area contributed by atoms with E-state index in [0.717, 1.165) is 0 Å². The molecule has 0 fully saturated rings. The number of halogens is 2. The lowest BCUT2D eigenvalue weighted by atomic mass is 10.3. The number of alkyl halides is 2. The molecule has 1 aromatic rings. The van der Waals surface area contributed by atoms with Crippen molar-refractivity contribution in [2.24, 2.45) is 0 Å². The summed E-state index contributed by atoms with van der Waals surface area (Å²) in [6.45, 7) is -0.154. The number of nitrogens with one attached hydrogen (secondary N) is 1. The number of aliphatic hydroxyl groups is 1. The number of nitrogens with zero attached hydrogens (tertiary/aromatic N) is 1. The van der Waals surface area contributed by atoms with E-state index in [4.69, 9.17) is 10.8 Å². The Balaban J connectivity index is 2.62. The average molecular weight is 217 g/mol. The molecule has 4 N–H and O–H groups in total. The predicted octanol–water partition coefficient (Wildman–Crippen LogP) is 1.01. The summed E-state index contributed by atoms with van der Waals surface area (Å²) in [5.74, 6) is -2.83. The van der Waals surface area contributed by atoms with Gasteiger partial charge in [-0.15, -0.1) is 0 Å². The fraction of sp³-hybridized carbons (Fsp3) is 0.444. The van der Waals surface area contributed by atoms with Crippen LogP contribution in [-0.4, -0.2) is 29.2 Å². The summed E-state index contributed by atoms with van der Waals surface area (Å²) in [4.78, 5) is 3.96. The first kappa shape index (κ1) is 11.6. The Morgan fingerprint density at radius 2 is 2.20 bits per heavy atom. The van der Waals surface area contributed by atoms with E-state index in [1.165, 1.54) is 6.07 Å². The third-order valence-corrected chi connectivity index (χ3v) is 1.89. The molecule has 0 aliphatic heterocycles. The molecule has 0 unspecified atom stereocenters. The number of anilines is 2. The maximum absolute atomic E-state index is 12.7. The van der Waals surface area contributed by atoms with Gasteiger partial charge in [-0.05, 0) is 19.1 Å². The van der Waals surface area contributed by atoms with Gasteiger partial charge in [0.15, 0.2) is 0 Å². The minimum absolute atomic E-state index is 0.315. The van der Waals surface area contributed by atoms with E-state index in [9.17, 15) is 8.78 Å². The highest BCUT2D eigenvalue weighted by Gasteiger charge is 2.27. The number of nitrogen functional groups attached to an aromatic ring is 1. The lowest BCUT2D eigenvalue weighted by Gasteiger charge is -2.14. The molecule has 0 saturated carbocycles. The molecule has 84 valence electrons. The van der Waals surface area contributed by atoms with Gasteiger partial charge in [-0.2, -0.15) is 0 Å². The number of hydrogen-bond donors (Lipinski definition) is 3. The summed E-state index contributed by atoms with van der Waals surface area (Å²) in [6.07, 6.45) is 0. The molecule has 4 nitrogen and oxygen atoms in total. The zero-order chi connectivity index (χ0) is 11.5. The summed E-state index contributed by atoms with van der Waals surface area (Å²) in [5, 5.41) is 10.8. The molecule has 1 heterocycles. The van der Waals surface area contributed by atoms with Crippen LogP contribution in [0.4, 0.5) is 20.3 Å². The fourth-order valence-corrected chi connectivity index (χ4v) is 0.946. The second-order valence-electron chi connectivity index (χ2n) is 3.24. The van der Waals surface area contributed by atoms with Crippen molar-refractivity contribution in [3.8, 4) is 0 Å². The Bertz CT molecular complexity index is 344. The Morgan fingerprint density at radius 3 is 2.73 bits per heavy atom. The topological polar surface area (TPSA) is 71.2 Å². The van der Waals surface area contributed by atoms with E-state index in [0.29, 0.717) is 17.2 Å². The zero-order valence-corrected chi connectivity index (χ0v) is 8.30. The highest BCUT2D eigenvalue weighted by Crippen LogP contribution is 2.15. The summed E-state index contributed by atoms with van der Waals surface area (Å²) in [6, 6.07) is 3.09. The number of aromatic nitrogens is 1. The SMILES string of the molecule is Cc1nc(NCC(F)(F)CO)ccc1N. The van der Waals surface area contributed by atoms with Crippen molar-refractivity contribution < 1.29 is 13.9 Å². The van der Waals surface area contributed by atoms with Gasteiger partial charge >= 0.3 is 0 Å². The van der Waals surface area contributed by atoms with Crippen molar-refractivity contribution in [1.29, 1.82) is 0 Å². The molecule has 1 aromatic heterocycles. The number of hydrogen-bond acceptors (Lipinski definition) is 4. The predicted molar refractivity (Wildman–Crippen MR) is 53.9 cm³/mol. The van der Waals surface area contributed by atoms with Gasteiger partial charge in [-0.1, -0.05) is 0 Å². The van der Waals surface area contributed by atoms with Crippen LogP contribution >= 0.6 is 0 Å². The van der Waals surface area contributed by atoms with Crippen molar-refractivity contribution in [2.75, 3.05) is 24.2 Å². The smallest absolute Gasteiger partial charge is 0.287 e. The van der Waals surface area contributed by atoms with Crippen LogP contribution in [0.15, 0.2) is 12.1 Å². The molecule has 0 aliphatic carbocycles. The maximum Gasteiger partial charge on any atom is 0.287 e. The third-order valence-electron chi connectivity index (χ3n) is 1.89. The van der Waals surface area contributed by atoms with Crippen LogP contribution in [0, 0.1) is 6.92 Å². The van der Waals surface area contributed by atoms with Gasteiger partial charge in [0, 0.05) is 0 Å². The Kier molecular flexibility index (Phi) is 3.41. The summed E-state index contributed by atoms with van der Waals surface area (Å²) >= 11 is 0. The highest BCUT2D eigenvalue weighted by molar-refractivity contribution is 5.49. The van der Waals surface area contributed by atoms with E-state index in [1.54, 1.807) is 13.0 Å². The molecule has 0 atom stereocenters. The van der Waals surface area contributed by atoms with Gasteiger partial charge in [-0.3, -0.25) is 0 Å². The van der Waals surface area contributed by atoms with Crippen molar-refractivity contribution in [2.45, 2.75) is 12.8 Å². The number of aliphatic hydroxyl groups excluding tert-OH is 1. The normalized spacial score (nSPS) is 11.5. The molecule has 0 bridgehead atoms. The molecule has 0 radical (unpaired) electrons. The third kappa shape index (κ3) is 3.32. The molecule has 0 saturated heterocycles. The van der Waals surface area contributed by atoms with E-state index in [-0.39, 0.29) is 0 Å². The first-order valence-corrected chi connectivity index (χ1v) is 4.40. The van der Waals surface area contributed by atoms with Gasteiger partial charge in [0.25, 0.3) is 5.92 Å². The fourth-order valence-electron chi connectivity index (χ4n) is 0.946. The first-order chi connectivity index (χ1) is 6.94. The first-order valence-electron chi connectivity index (χ1n) is 4.40. The Morgan fingerprint density at radius 1 is 1.53 bits per heavy atom. The van der Waals surface area contributed by atoms with Gasteiger partial charge in [-0.25, -0.2) is 13.8 Å². The van der Waals surface area contributed by atoms with Crippen molar-refractivity contribution in [1.82, 2.24) is 4.98 Å². The molecular formula is C9H13F2N3O. The summed E-state index contributed by atoms with van der Waals surface area (Å²) in [7, 11) is 0. The minimum atomic E-state index is -3.14. The molecule has 6 heteroatoms. The van der Waals surface area contributed by atoms with Gasteiger partial charge < -0.3 is 16.2 Å². The van der Waals surface area contributed by atoms with Crippen molar-refractivity contribution in [3.05, 3.63) is 17.8 Å². The molecule has 0 amide bonds. The van der Waals surface area contributed by atoms with E-state index in [2.05, 4.69) is 10.3 Å². The highest BCUT2D eigenvalue weighted by atomic mass is 19.3. The molecule has 0 spiro atoms. The van der Waals surface area contributed by atoms with E-state index >= 15 is 0 Å². The van der Waals surface area contributed by atoms with E-state index < -0.39 is 19.1 Å².